The maximum absolute atomic E-state index is 4.96. The average Bonchev–Trinajstić information content (AvgIpc) is 3.13. The third-order valence-corrected chi connectivity index (χ3v) is 33.2. The molecule has 0 fully saturated rings. The molecule has 0 saturated carbocycles. The summed E-state index contributed by atoms with van der Waals surface area (Å²) >= 11 is -2.10. The molecule has 0 aromatic carbocycles. The van der Waals surface area contributed by atoms with E-state index < -0.39 is 36.8 Å². The summed E-state index contributed by atoms with van der Waals surface area (Å²) in [6.07, 6.45) is 7.21. The first-order valence-corrected chi connectivity index (χ1v) is 32.4. The molecule has 0 bridgehead atoms. The molecule has 6 heteroatoms. The molecule has 0 saturated heterocycles. The first-order valence-electron chi connectivity index (χ1n) is 8.82. The van der Waals surface area contributed by atoms with Crippen molar-refractivity contribution in [2.75, 3.05) is 0 Å². The summed E-state index contributed by atoms with van der Waals surface area (Å²) < 4.78 is 6.50. The van der Waals surface area contributed by atoms with E-state index in [0.29, 0.717) is 0 Å². The molecule has 2 aliphatic heterocycles. The van der Waals surface area contributed by atoms with Gasteiger partial charge in [0.15, 0.2) is 0 Å². The monoisotopic (exact) mass is 609 g/mol. The quantitative estimate of drug-likeness (QED) is 0.273. The van der Waals surface area contributed by atoms with Crippen LogP contribution >= 0.6 is 33.1 Å². The molecule has 1 nitrogen and oxygen atoms in total. The van der Waals surface area contributed by atoms with E-state index in [0.717, 1.165) is 0 Å². The normalized spacial score (nSPS) is 27.0. The molecular formula is C19H31NS3Sn2. The Labute approximate surface area is 171 Å². The van der Waals surface area contributed by atoms with Gasteiger partial charge in [-0.25, -0.2) is 0 Å². The van der Waals surface area contributed by atoms with Gasteiger partial charge in [-0.15, -0.1) is 0 Å². The maximum atomic E-state index is 4.96. The zero-order chi connectivity index (χ0) is 18.6. The summed E-state index contributed by atoms with van der Waals surface area (Å²) in [6, 6.07) is 0. The number of thiol groups is 2. The molecule has 0 aliphatic carbocycles. The first-order chi connectivity index (χ1) is 11.5. The third-order valence-electron chi connectivity index (χ3n) is 4.37. The molecule has 0 amide bonds. The van der Waals surface area contributed by atoms with Crippen LogP contribution in [0.5, 0.6) is 0 Å². The van der Waals surface area contributed by atoms with Crippen LogP contribution < -0.4 is 0 Å². The fourth-order valence-electron chi connectivity index (χ4n) is 3.17. The topological polar surface area (TPSA) is 12.9 Å². The molecule has 3 heterocycles. The van der Waals surface area contributed by atoms with Gasteiger partial charge in [-0.3, -0.25) is 0 Å². The van der Waals surface area contributed by atoms with E-state index in [2.05, 4.69) is 72.7 Å². The van der Waals surface area contributed by atoms with Crippen LogP contribution in [-0.4, -0.2) is 41.7 Å². The zero-order valence-corrected chi connectivity index (χ0v) is 25.0. The second kappa shape index (κ2) is 7.37. The predicted molar refractivity (Wildman–Crippen MR) is 127 cm³/mol. The van der Waals surface area contributed by atoms with Gasteiger partial charge in [0.25, 0.3) is 0 Å². The van der Waals surface area contributed by atoms with Crippen LogP contribution in [0.25, 0.3) is 0 Å². The van der Waals surface area contributed by atoms with Crippen molar-refractivity contribution in [3.8, 4) is 0 Å². The van der Waals surface area contributed by atoms with Crippen molar-refractivity contribution in [2.45, 2.75) is 52.0 Å². The average molecular weight is 607 g/mol. The molecule has 3 rings (SSSR count). The van der Waals surface area contributed by atoms with Crippen LogP contribution in [0.15, 0.2) is 54.7 Å². The summed E-state index contributed by atoms with van der Waals surface area (Å²) in [4.78, 5) is 20.2. The molecule has 1 aromatic rings. The van der Waals surface area contributed by atoms with E-state index in [-0.39, 0.29) is 21.8 Å². The van der Waals surface area contributed by atoms with Crippen molar-refractivity contribution in [2.24, 2.45) is 0 Å². The van der Waals surface area contributed by atoms with Crippen LogP contribution in [0.3, 0.4) is 0 Å². The van der Waals surface area contributed by atoms with Crippen LogP contribution in [0.2, 0.25) is 29.6 Å². The molecule has 2 aliphatic rings. The van der Waals surface area contributed by atoms with Crippen LogP contribution in [0, 0.1) is 0 Å². The van der Waals surface area contributed by atoms with E-state index in [4.69, 9.17) is 4.98 Å². The predicted octanol–water partition coefficient (Wildman–Crippen LogP) is 7.22. The van der Waals surface area contributed by atoms with E-state index >= 15 is 0 Å². The SMILES string of the molecule is CC1=C[SH](c2cnc([SH]3C=C(C)C=[C]3[Sn]([CH3])([CH3])[CH3])s2)[C]([Sn]([CH3])([CH3])[CH3])=C1. The Kier molecular flexibility index (Phi) is 6.08. The van der Waals surface area contributed by atoms with Crippen molar-refractivity contribution >= 4 is 69.9 Å². The Morgan fingerprint density at radius 3 is 1.80 bits per heavy atom. The fraction of sp³-hybridized carbons (Fsp3) is 0.421. The van der Waals surface area contributed by atoms with Crippen molar-refractivity contribution < 1.29 is 0 Å². The van der Waals surface area contributed by atoms with Gasteiger partial charge in [0.05, 0.1) is 0 Å². The number of nitrogens with zero attached hydrogens (tertiary/aromatic N) is 1. The van der Waals surface area contributed by atoms with Gasteiger partial charge in [0.2, 0.25) is 0 Å². The van der Waals surface area contributed by atoms with Gasteiger partial charge >= 0.3 is 173 Å². The standard InChI is InChI=1S/C13H13NS3.6CH3.2Sn/c1-10-3-5-16(8-10)12-7-14-13(15-12)17-6-4-11(2)9-17;;;;;;;;/h3-4,7-9,16-17H,1-2H3;6*1H3;;. The van der Waals surface area contributed by atoms with E-state index in [1.165, 1.54) is 19.7 Å². The second-order valence-corrected chi connectivity index (χ2v) is 45.7. The summed E-state index contributed by atoms with van der Waals surface area (Å²) in [5.41, 5.74) is 2.93. The molecule has 1 aromatic heterocycles. The number of rotatable bonds is 4. The molecule has 0 spiro atoms. The van der Waals surface area contributed by atoms with Gasteiger partial charge in [0.1, 0.15) is 0 Å². The number of hydrogen-bond donors (Lipinski definition) is 2. The van der Waals surface area contributed by atoms with Crippen LogP contribution in [-0.2, 0) is 0 Å². The zero-order valence-electron chi connectivity index (χ0n) is 16.6. The third kappa shape index (κ3) is 4.49. The van der Waals surface area contributed by atoms with Crippen molar-refractivity contribution in [1.29, 1.82) is 0 Å². The number of allylic oxidation sites excluding steroid dienone is 4. The fourth-order valence-corrected chi connectivity index (χ4v) is 31.0. The van der Waals surface area contributed by atoms with Gasteiger partial charge in [0, 0.05) is 0 Å². The van der Waals surface area contributed by atoms with E-state index in [9.17, 15) is 0 Å². The molecule has 2 unspecified atom stereocenters. The summed E-state index contributed by atoms with van der Waals surface area (Å²) in [5, 5.41) is 5.05. The number of hydrogen-bond acceptors (Lipinski definition) is 2. The van der Waals surface area contributed by atoms with E-state index in [1.807, 2.05) is 11.3 Å². The number of thiazole rings is 1. The minimum absolute atomic E-state index is 0.242. The number of aromatic nitrogens is 1. The Morgan fingerprint density at radius 2 is 1.28 bits per heavy atom. The Morgan fingerprint density at radius 1 is 0.800 bits per heavy atom. The van der Waals surface area contributed by atoms with Gasteiger partial charge in [-0.1, -0.05) is 0 Å². The van der Waals surface area contributed by atoms with Gasteiger partial charge < -0.3 is 0 Å². The van der Waals surface area contributed by atoms with Crippen molar-refractivity contribution in [1.82, 2.24) is 4.98 Å². The molecule has 25 heavy (non-hydrogen) atoms. The summed E-state index contributed by atoms with van der Waals surface area (Å²) in [6.45, 7) is 4.53. The summed E-state index contributed by atoms with van der Waals surface area (Å²) in [7, 11) is -0.533. The molecular weight excluding hydrogens is 576 g/mol. The molecule has 0 radical (unpaired) electrons. The van der Waals surface area contributed by atoms with Crippen LogP contribution in [0.4, 0.5) is 0 Å². The van der Waals surface area contributed by atoms with Gasteiger partial charge in [-0.05, 0) is 0 Å². The molecule has 0 N–H and O–H groups in total. The first kappa shape index (κ1) is 20.6. The molecule has 138 valence electrons. The van der Waals surface area contributed by atoms with Gasteiger partial charge in [-0.2, -0.15) is 0 Å². The Balaban J connectivity index is 1.94. The minimum atomic E-state index is -2.06. The second-order valence-electron chi connectivity index (χ2n) is 9.03. The van der Waals surface area contributed by atoms with E-state index in [1.54, 1.807) is 5.84 Å². The van der Waals surface area contributed by atoms with Crippen LogP contribution in [0.1, 0.15) is 13.8 Å². The summed E-state index contributed by atoms with van der Waals surface area (Å²) in [5.74, 6) is 0. The Hall–Kier alpha value is 0.887. The van der Waals surface area contributed by atoms with Crippen molar-refractivity contribution in [3.63, 3.8) is 0 Å². The molecule has 2 atom stereocenters. The van der Waals surface area contributed by atoms with Crippen molar-refractivity contribution in [3.05, 3.63) is 46.2 Å². The Bertz CT molecular complexity index is 750.